The van der Waals surface area contributed by atoms with Crippen LogP contribution in [0.1, 0.15) is 84.0 Å². The number of aryl methyl sites for hydroxylation is 1. The average Bonchev–Trinajstić information content (AvgIpc) is 3.23. The van der Waals surface area contributed by atoms with Crippen LogP contribution in [0.4, 0.5) is 0 Å². The van der Waals surface area contributed by atoms with Gasteiger partial charge in [0, 0.05) is 20.0 Å². The van der Waals surface area contributed by atoms with E-state index in [0.717, 1.165) is 31.1 Å². The molecule has 2 fully saturated rings. The molecule has 1 saturated heterocycles. The molecule has 0 bridgehead atoms. The molecule has 1 aromatic heterocycles. The topological polar surface area (TPSA) is 51.0 Å². The molecule has 0 aromatic carbocycles. The van der Waals surface area contributed by atoms with E-state index >= 15 is 0 Å². The first-order chi connectivity index (χ1) is 11.9. The van der Waals surface area contributed by atoms with Gasteiger partial charge in [0.1, 0.15) is 6.33 Å². The Kier molecular flexibility index (Phi) is 5.49. The van der Waals surface area contributed by atoms with Crippen molar-refractivity contribution in [1.82, 2.24) is 19.7 Å². The Hall–Kier alpha value is -1.39. The maximum Gasteiger partial charge on any atom is 0.223 e. The van der Waals surface area contributed by atoms with Crippen molar-refractivity contribution in [1.29, 1.82) is 0 Å². The summed E-state index contributed by atoms with van der Waals surface area (Å²) in [4.78, 5) is 15.0. The summed E-state index contributed by atoms with van der Waals surface area (Å²) in [6.45, 7) is 7.97. The summed E-state index contributed by atoms with van der Waals surface area (Å²) in [5, 5.41) is 8.23. The van der Waals surface area contributed by atoms with Crippen LogP contribution in [0.2, 0.25) is 0 Å². The van der Waals surface area contributed by atoms with Crippen LogP contribution in [0.15, 0.2) is 6.33 Å². The molecule has 140 valence electrons. The predicted octanol–water partition coefficient (Wildman–Crippen LogP) is 4.11. The SMILES string of the molecule is CCC(C)(C)C1CCC(CC(=O)N2CCC[C@@H]2c2nncn2C)CC1. The van der Waals surface area contributed by atoms with Crippen molar-refractivity contribution >= 4 is 5.91 Å². The molecule has 2 heterocycles. The molecule has 1 saturated carbocycles. The van der Waals surface area contributed by atoms with Gasteiger partial charge in [0.25, 0.3) is 0 Å². The van der Waals surface area contributed by atoms with E-state index in [4.69, 9.17) is 0 Å². The molecule has 2 aliphatic rings. The van der Waals surface area contributed by atoms with Gasteiger partial charge >= 0.3 is 0 Å². The molecule has 3 rings (SSSR count). The number of nitrogens with zero attached hydrogens (tertiary/aromatic N) is 4. The first-order valence-corrected chi connectivity index (χ1v) is 10.1. The van der Waals surface area contributed by atoms with E-state index in [1.54, 1.807) is 6.33 Å². The van der Waals surface area contributed by atoms with Crippen LogP contribution in [0.25, 0.3) is 0 Å². The molecule has 1 aliphatic carbocycles. The average molecular weight is 347 g/mol. The molecular weight excluding hydrogens is 312 g/mol. The summed E-state index contributed by atoms with van der Waals surface area (Å²) in [7, 11) is 1.97. The first kappa shape index (κ1) is 18.4. The van der Waals surface area contributed by atoms with Crippen molar-refractivity contribution in [2.24, 2.45) is 24.3 Å². The van der Waals surface area contributed by atoms with Crippen molar-refractivity contribution in [2.75, 3.05) is 6.54 Å². The molecule has 1 aromatic rings. The van der Waals surface area contributed by atoms with Crippen LogP contribution in [0.3, 0.4) is 0 Å². The lowest BCUT2D eigenvalue weighted by Crippen LogP contribution is -2.34. The summed E-state index contributed by atoms with van der Waals surface area (Å²) >= 11 is 0. The van der Waals surface area contributed by atoms with E-state index in [2.05, 4.69) is 35.9 Å². The van der Waals surface area contributed by atoms with Crippen molar-refractivity contribution < 1.29 is 4.79 Å². The molecule has 1 amide bonds. The lowest BCUT2D eigenvalue weighted by Gasteiger charge is -2.39. The van der Waals surface area contributed by atoms with Gasteiger partial charge in [-0.25, -0.2) is 0 Å². The fourth-order valence-electron chi connectivity index (χ4n) is 4.73. The zero-order valence-electron chi connectivity index (χ0n) is 16.4. The Labute approximate surface area is 152 Å². The quantitative estimate of drug-likeness (QED) is 0.806. The highest BCUT2D eigenvalue weighted by molar-refractivity contribution is 5.77. The largest absolute Gasteiger partial charge is 0.332 e. The number of hydrogen-bond acceptors (Lipinski definition) is 3. The van der Waals surface area contributed by atoms with Gasteiger partial charge in [0.05, 0.1) is 6.04 Å². The Balaban J connectivity index is 1.55. The molecule has 0 radical (unpaired) electrons. The lowest BCUT2D eigenvalue weighted by atomic mass is 9.67. The normalized spacial score (nSPS) is 27.7. The first-order valence-electron chi connectivity index (χ1n) is 10.1. The summed E-state index contributed by atoms with van der Waals surface area (Å²) in [5.41, 5.74) is 0.445. The van der Waals surface area contributed by atoms with E-state index in [1.807, 2.05) is 11.6 Å². The van der Waals surface area contributed by atoms with Crippen molar-refractivity contribution in [3.8, 4) is 0 Å². The summed E-state index contributed by atoms with van der Waals surface area (Å²) < 4.78 is 1.95. The molecule has 1 atom stereocenters. The van der Waals surface area contributed by atoms with Gasteiger partial charge < -0.3 is 9.47 Å². The molecule has 0 N–H and O–H groups in total. The number of rotatable bonds is 5. The molecule has 0 spiro atoms. The highest BCUT2D eigenvalue weighted by Crippen LogP contribution is 2.43. The molecule has 5 heteroatoms. The maximum absolute atomic E-state index is 12.9. The van der Waals surface area contributed by atoms with Crippen LogP contribution in [-0.4, -0.2) is 32.1 Å². The lowest BCUT2D eigenvalue weighted by molar-refractivity contribution is -0.133. The van der Waals surface area contributed by atoms with Crippen LogP contribution < -0.4 is 0 Å². The van der Waals surface area contributed by atoms with E-state index in [0.29, 0.717) is 23.7 Å². The van der Waals surface area contributed by atoms with E-state index in [-0.39, 0.29) is 6.04 Å². The van der Waals surface area contributed by atoms with Gasteiger partial charge in [0.15, 0.2) is 5.82 Å². The molecule has 25 heavy (non-hydrogen) atoms. The van der Waals surface area contributed by atoms with Gasteiger partial charge in [-0.1, -0.05) is 27.2 Å². The van der Waals surface area contributed by atoms with Crippen LogP contribution >= 0.6 is 0 Å². The second kappa shape index (κ2) is 7.46. The van der Waals surface area contributed by atoms with Crippen molar-refractivity contribution in [3.05, 3.63) is 12.2 Å². The third-order valence-corrected chi connectivity index (χ3v) is 6.94. The van der Waals surface area contributed by atoms with Gasteiger partial charge in [0.2, 0.25) is 5.91 Å². The maximum atomic E-state index is 12.9. The Morgan fingerprint density at radius 2 is 1.96 bits per heavy atom. The predicted molar refractivity (Wildman–Crippen MR) is 98.8 cm³/mol. The number of carbonyl (C=O) groups excluding carboxylic acids is 1. The zero-order valence-corrected chi connectivity index (χ0v) is 16.4. The minimum atomic E-state index is 0.121. The third kappa shape index (κ3) is 3.90. The minimum Gasteiger partial charge on any atom is -0.332 e. The fraction of sp³-hybridized carbons (Fsp3) is 0.850. The standard InChI is InChI=1S/C20H34N4O/c1-5-20(2,3)16-10-8-15(9-11-16)13-18(25)24-12-6-7-17(24)19-22-21-14-23(19)4/h14-17H,5-13H2,1-4H3/t15?,16?,17-/m1/s1. The van der Waals surface area contributed by atoms with Gasteiger partial charge in [-0.05, 0) is 55.8 Å². The summed E-state index contributed by atoms with van der Waals surface area (Å²) in [6.07, 6.45) is 10.8. The number of amides is 1. The smallest absolute Gasteiger partial charge is 0.223 e. The second-order valence-electron chi connectivity index (χ2n) is 8.81. The number of carbonyl (C=O) groups is 1. The Morgan fingerprint density at radius 1 is 1.24 bits per heavy atom. The second-order valence-corrected chi connectivity index (χ2v) is 8.81. The Morgan fingerprint density at radius 3 is 2.56 bits per heavy atom. The van der Waals surface area contributed by atoms with Crippen molar-refractivity contribution in [3.63, 3.8) is 0 Å². The molecule has 0 unspecified atom stereocenters. The molecule has 1 aliphatic heterocycles. The van der Waals surface area contributed by atoms with Gasteiger partial charge in [-0.2, -0.15) is 0 Å². The third-order valence-electron chi connectivity index (χ3n) is 6.94. The van der Waals surface area contributed by atoms with Crippen LogP contribution in [0.5, 0.6) is 0 Å². The molecular formula is C20H34N4O. The number of likely N-dealkylation sites (tertiary alicyclic amines) is 1. The Bertz CT molecular complexity index is 586. The highest BCUT2D eigenvalue weighted by Gasteiger charge is 2.36. The van der Waals surface area contributed by atoms with Crippen molar-refractivity contribution in [2.45, 2.75) is 78.2 Å². The van der Waals surface area contributed by atoms with E-state index in [9.17, 15) is 4.79 Å². The van der Waals surface area contributed by atoms with Crippen LogP contribution in [0, 0.1) is 17.3 Å². The number of aromatic nitrogens is 3. The fourth-order valence-corrected chi connectivity index (χ4v) is 4.73. The number of hydrogen-bond donors (Lipinski definition) is 0. The van der Waals surface area contributed by atoms with Gasteiger partial charge in [-0.3, -0.25) is 4.79 Å². The highest BCUT2D eigenvalue weighted by atomic mass is 16.2. The zero-order chi connectivity index (χ0) is 18.0. The summed E-state index contributed by atoms with van der Waals surface area (Å²) in [5.74, 6) is 2.64. The monoisotopic (exact) mass is 346 g/mol. The minimum absolute atomic E-state index is 0.121. The van der Waals surface area contributed by atoms with E-state index < -0.39 is 0 Å². The van der Waals surface area contributed by atoms with Crippen LogP contribution in [-0.2, 0) is 11.8 Å². The van der Waals surface area contributed by atoms with E-state index in [1.165, 1.54) is 32.1 Å². The molecule has 5 nitrogen and oxygen atoms in total. The summed E-state index contributed by atoms with van der Waals surface area (Å²) in [6, 6.07) is 0.121. The van der Waals surface area contributed by atoms with Gasteiger partial charge in [-0.15, -0.1) is 10.2 Å².